The van der Waals surface area contributed by atoms with Gasteiger partial charge in [-0.2, -0.15) is 0 Å². The summed E-state index contributed by atoms with van der Waals surface area (Å²) in [4.78, 5) is 36.3. The predicted octanol–water partition coefficient (Wildman–Crippen LogP) is 2.04. The lowest BCUT2D eigenvalue weighted by atomic mass is 10.1. The van der Waals surface area contributed by atoms with E-state index in [1.165, 1.54) is 6.92 Å². The number of rotatable bonds is 5. The number of hydrogen-bond donors (Lipinski definition) is 2. The van der Waals surface area contributed by atoms with E-state index in [2.05, 4.69) is 5.32 Å². The highest BCUT2D eigenvalue weighted by atomic mass is 35.5. The van der Waals surface area contributed by atoms with Gasteiger partial charge in [-0.1, -0.05) is 0 Å². The number of carbonyl (C=O) groups excluding carboxylic acids is 2. The summed E-state index contributed by atoms with van der Waals surface area (Å²) < 4.78 is 0. The topological polar surface area (TPSA) is 86.7 Å². The zero-order chi connectivity index (χ0) is 16.3. The van der Waals surface area contributed by atoms with Crippen LogP contribution in [0, 0.1) is 5.92 Å². The number of carbonyl (C=O) groups is 3. The van der Waals surface area contributed by atoms with Gasteiger partial charge in [-0.25, -0.2) is 0 Å². The Morgan fingerprint density at radius 1 is 1.26 bits per heavy atom. The summed E-state index contributed by atoms with van der Waals surface area (Å²) >= 11 is 0. The van der Waals surface area contributed by atoms with E-state index in [9.17, 15) is 14.4 Å². The lowest BCUT2D eigenvalue weighted by Gasteiger charge is -2.23. The van der Waals surface area contributed by atoms with Crippen LogP contribution in [0.1, 0.15) is 30.6 Å². The number of nitrogens with one attached hydrogen (secondary N) is 1. The van der Waals surface area contributed by atoms with E-state index in [0.717, 1.165) is 0 Å². The molecular weight excluding hydrogens is 320 g/mol. The second-order valence-electron chi connectivity index (χ2n) is 5.62. The molecule has 1 aliphatic rings. The summed E-state index contributed by atoms with van der Waals surface area (Å²) in [6.07, 6.45) is 0.570. The second kappa shape index (κ2) is 8.08. The van der Waals surface area contributed by atoms with Crippen LogP contribution in [-0.2, 0) is 9.59 Å². The molecule has 2 rings (SSSR count). The Labute approximate surface area is 141 Å². The van der Waals surface area contributed by atoms with Crippen molar-refractivity contribution in [1.29, 1.82) is 0 Å². The molecule has 7 heteroatoms. The molecule has 0 saturated carbocycles. The number of anilines is 1. The van der Waals surface area contributed by atoms with Gasteiger partial charge in [-0.3, -0.25) is 19.3 Å². The Kier molecular flexibility index (Phi) is 6.72. The normalized spacial score (nSPS) is 18.8. The van der Waals surface area contributed by atoms with Crippen LogP contribution in [0.25, 0.3) is 0 Å². The lowest BCUT2D eigenvalue weighted by molar-refractivity contribution is -0.141. The van der Waals surface area contributed by atoms with Gasteiger partial charge in [-0.05, 0) is 51.1 Å². The Morgan fingerprint density at radius 2 is 1.87 bits per heavy atom. The zero-order valence-corrected chi connectivity index (χ0v) is 13.9. The molecule has 1 fully saturated rings. The number of likely N-dealkylation sites (tertiary alicyclic amines) is 1. The van der Waals surface area contributed by atoms with Crippen molar-refractivity contribution in [2.75, 3.05) is 18.4 Å². The molecule has 1 aliphatic heterocycles. The number of carboxylic acids is 1. The highest BCUT2D eigenvalue weighted by molar-refractivity contribution is 5.97. The molecule has 1 amide bonds. The first kappa shape index (κ1) is 19.1. The number of carboxylic acid groups (broad SMARTS) is 1. The number of halogens is 1. The Balaban J connectivity index is 0.00000264. The monoisotopic (exact) mass is 340 g/mol. The van der Waals surface area contributed by atoms with Gasteiger partial charge in [0.15, 0.2) is 5.78 Å². The molecule has 1 saturated heterocycles. The molecule has 2 atom stereocenters. The summed E-state index contributed by atoms with van der Waals surface area (Å²) in [5.41, 5.74) is 1.21. The van der Waals surface area contributed by atoms with Crippen LogP contribution in [0.5, 0.6) is 0 Å². The van der Waals surface area contributed by atoms with Crippen molar-refractivity contribution in [2.45, 2.75) is 26.3 Å². The van der Waals surface area contributed by atoms with Gasteiger partial charge in [0.05, 0.1) is 12.0 Å². The maximum absolute atomic E-state index is 12.2. The van der Waals surface area contributed by atoms with Crippen molar-refractivity contribution in [3.8, 4) is 0 Å². The lowest BCUT2D eigenvalue weighted by Crippen LogP contribution is -2.41. The highest BCUT2D eigenvalue weighted by Crippen LogP contribution is 2.20. The molecule has 23 heavy (non-hydrogen) atoms. The van der Waals surface area contributed by atoms with E-state index in [0.29, 0.717) is 30.8 Å². The van der Waals surface area contributed by atoms with Gasteiger partial charge in [0.2, 0.25) is 5.91 Å². The Bertz CT molecular complexity index is 588. The summed E-state index contributed by atoms with van der Waals surface area (Å²) in [5.74, 6) is -1.41. The van der Waals surface area contributed by atoms with Crippen LogP contribution >= 0.6 is 12.4 Å². The smallest absolute Gasteiger partial charge is 0.307 e. The van der Waals surface area contributed by atoms with E-state index < -0.39 is 17.9 Å². The van der Waals surface area contributed by atoms with Crippen LogP contribution in [0.2, 0.25) is 0 Å². The summed E-state index contributed by atoms with van der Waals surface area (Å²) in [6.45, 7) is 4.26. The number of ketones is 1. The van der Waals surface area contributed by atoms with Crippen molar-refractivity contribution >= 4 is 35.8 Å². The summed E-state index contributed by atoms with van der Waals surface area (Å²) in [7, 11) is 0. The molecule has 0 aromatic heterocycles. The fourth-order valence-electron chi connectivity index (χ4n) is 2.54. The van der Waals surface area contributed by atoms with Crippen molar-refractivity contribution in [2.24, 2.45) is 5.92 Å². The molecule has 126 valence electrons. The Morgan fingerprint density at radius 3 is 2.35 bits per heavy atom. The summed E-state index contributed by atoms with van der Waals surface area (Å²) in [5, 5.41) is 11.8. The molecule has 1 heterocycles. The molecule has 1 aromatic rings. The van der Waals surface area contributed by atoms with Crippen LogP contribution in [0.3, 0.4) is 0 Å². The minimum Gasteiger partial charge on any atom is -0.481 e. The first-order chi connectivity index (χ1) is 10.4. The summed E-state index contributed by atoms with van der Waals surface area (Å²) in [6, 6.07) is 6.31. The number of nitrogens with zero attached hydrogens (tertiary/aromatic N) is 1. The average molecular weight is 341 g/mol. The number of amides is 1. The minimum absolute atomic E-state index is 0. The van der Waals surface area contributed by atoms with E-state index >= 15 is 0 Å². The van der Waals surface area contributed by atoms with Crippen LogP contribution in [-0.4, -0.2) is 46.8 Å². The van der Waals surface area contributed by atoms with E-state index in [1.807, 2.05) is 4.90 Å². The number of hydrogen-bond acceptors (Lipinski definition) is 4. The standard InChI is InChI=1S/C16H20N2O4.ClH/c1-10(18-8-7-13(9-18)16(21)22)15(20)17-14-5-3-12(4-6-14)11(2)19;/h3-6,10,13H,7-9H2,1-2H3,(H,17,20)(H,21,22);1H. The molecule has 0 spiro atoms. The third-order valence-electron chi connectivity index (χ3n) is 4.06. The second-order valence-corrected chi connectivity index (χ2v) is 5.62. The molecule has 0 radical (unpaired) electrons. The van der Waals surface area contributed by atoms with Crippen LogP contribution in [0.15, 0.2) is 24.3 Å². The quantitative estimate of drug-likeness (QED) is 0.801. The van der Waals surface area contributed by atoms with Gasteiger partial charge in [-0.15, -0.1) is 12.4 Å². The van der Waals surface area contributed by atoms with Gasteiger partial charge in [0, 0.05) is 17.8 Å². The van der Waals surface area contributed by atoms with Gasteiger partial charge < -0.3 is 10.4 Å². The third kappa shape index (κ3) is 4.77. The number of benzene rings is 1. The van der Waals surface area contributed by atoms with E-state index in [-0.39, 0.29) is 24.1 Å². The molecule has 2 N–H and O–H groups in total. The molecule has 2 unspecified atom stereocenters. The average Bonchev–Trinajstić information content (AvgIpc) is 2.97. The van der Waals surface area contributed by atoms with Gasteiger partial charge >= 0.3 is 5.97 Å². The largest absolute Gasteiger partial charge is 0.481 e. The first-order valence-electron chi connectivity index (χ1n) is 7.27. The molecule has 1 aromatic carbocycles. The fourth-order valence-corrected chi connectivity index (χ4v) is 2.54. The van der Waals surface area contributed by atoms with Gasteiger partial charge in [0.1, 0.15) is 0 Å². The zero-order valence-electron chi connectivity index (χ0n) is 13.1. The van der Waals surface area contributed by atoms with Crippen molar-refractivity contribution < 1.29 is 19.5 Å². The highest BCUT2D eigenvalue weighted by Gasteiger charge is 2.33. The minimum atomic E-state index is -0.810. The molecule has 0 bridgehead atoms. The molecular formula is C16H21ClN2O4. The van der Waals surface area contributed by atoms with Crippen LogP contribution < -0.4 is 5.32 Å². The van der Waals surface area contributed by atoms with Crippen molar-refractivity contribution in [3.05, 3.63) is 29.8 Å². The van der Waals surface area contributed by atoms with E-state index in [4.69, 9.17) is 5.11 Å². The fraction of sp³-hybridized carbons (Fsp3) is 0.438. The number of aliphatic carboxylic acids is 1. The maximum atomic E-state index is 12.2. The van der Waals surface area contributed by atoms with Gasteiger partial charge in [0.25, 0.3) is 0 Å². The predicted molar refractivity (Wildman–Crippen MR) is 89.1 cm³/mol. The third-order valence-corrected chi connectivity index (χ3v) is 4.06. The molecule has 0 aliphatic carbocycles. The van der Waals surface area contributed by atoms with Crippen molar-refractivity contribution in [3.63, 3.8) is 0 Å². The molecule has 6 nitrogen and oxygen atoms in total. The maximum Gasteiger partial charge on any atom is 0.307 e. The SMILES string of the molecule is CC(=O)c1ccc(NC(=O)C(C)N2CCC(C(=O)O)C2)cc1.Cl. The number of Topliss-reactive ketones (excluding diaryl/α,β-unsaturated/α-hetero) is 1. The Hall–Kier alpha value is -1.92. The first-order valence-corrected chi connectivity index (χ1v) is 7.27. The van der Waals surface area contributed by atoms with Crippen LogP contribution in [0.4, 0.5) is 5.69 Å². The van der Waals surface area contributed by atoms with Crippen molar-refractivity contribution in [1.82, 2.24) is 4.90 Å². The van der Waals surface area contributed by atoms with E-state index in [1.54, 1.807) is 31.2 Å².